The number of epoxide rings is 1. The average molecular weight is 535 g/mol. The van der Waals surface area contributed by atoms with E-state index in [1.54, 1.807) is 6.08 Å². The first-order chi connectivity index (χ1) is 17.6. The number of alkyl halides is 1. The molecule has 4 fully saturated rings. The Morgan fingerprint density at radius 1 is 1.05 bits per heavy atom. The molecule has 204 valence electrons. The van der Waals surface area contributed by atoms with E-state index in [2.05, 4.69) is 13.8 Å². The van der Waals surface area contributed by atoms with Crippen molar-refractivity contribution in [3.05, 3.63) is 11.6 Å². The van der Waals surface area contributed by atoms with Crippen LogP contribution in [0.25, 0.3) is 0 Å². The normalized spacial score (nSPS) is 43.5. The molecule has 1 spiro atoms. The van der Waals surface area contributed by atoms with Gasteiger partial charge in [0, 0.05) is 24.7 Å². The van der Waals surface area contributed by atoms with Crippen LogP contribution >= 0.6 is 11.6 Å². The highest BCUT2D eigenvalue weighted by Gasteiger charge is 2.81. The zero-order valence-electron chi connectivity index (χ0n) is 22.3. The van der Waals surface area contributed by atoms with Gasteiger partial charge in [-0.2, -0.15) is 0 Å². The van der Waals surface area contributed by atoms with Crippen molar-refractivity contribution in [3.63, 3.8) is 0 Å². The third-order valence-electron chi connectivity index (χ3n) is 10.3. The quantitative estimate of drug-likeness (QED) is 0.252. The minimum atomic E-state index is -0.520. The first-order valence-corrected chi connectivity index (χ1v) is 14.5. The van der Waals surface area contributed by atoms with Crippen molar-refractivity contribution in [2.75, 3.05) is 5.88 Å². The average Bonchev–Trinajstić information content (AvgIpc) is 3.48. The highest BCUT2D eigenvalue weighted by Crippen LogP contribution is 2.76. The zero-order chi connectivity index (χ0) is 26.8. The molecule has 8 heteroatoms. The van der Waals surface area contributed by atoms with E-state index in [0.717, 1.165) is 5.57 Å². The van der Waals surface area contributed by atoms with Crippen LogP contribution in [-0.4, -0.2) is 53.3 Å². The lowest BCUT2D eigenvalue weighted by Crippen LogP contribution is -2.61. The molecule has 4 aliphatic carbocycles. The third kappa shape index (κ3) is 3.93. The number of hydrogen-bond acceptors (Lipinski definition) is 7. The van der Waals surface area contributed by atoms with Crippen LogP contribution in [0.1, 0.15) is 85.5 Å². The second-order valence-electron chi connectivity index (χ2n) is 12.3. The molecule has 1 heterocycles. The van der Waals surface area contributed by atoms with Crippen LogP contribution in [0.3, 0.4) is 0 Å². The summed E-state index contributed by atoms with van der Waals surface area (Å²) in [6, 6.07) is 0. The first kappa shape index (κ1) is 26.9. The number of ether oxygens (including phenoxy) is 3. The van der Waals surface area contributed by atoms with E-state index in [4.69, 9.17) is 25.8 Å². The Labute approximate surface area is 224 Å². The van der Waals surface area contributed by atoms with Crippen molar-refractivity contribution in [2.45, 2.75) is 109 Å². The van der Waals surface area contributed by atoms with Gasteiger partial charge in [-0.25, -0.2) is 0 Å². The fourth-order valence-electron chi connectivity index (χ4n) is 8.76. The standard InChI is InChI=1S/C29H39ClO7/c1-5-7-24(33)35-21-13-18-17-12-22(36-25(34)8-6-2)26(20(32)15-30)27(17,3)14-23-29(18,37-23)28(4)10-9-16(31)11-19(21)28/h11,17-18,21-23,26H,5-10,12-15H2,1-4H3/t17-,18-,21?,22?,23?,26-,27-,28-,29-/m0/s1. The van der Waals surface area contributed by atoms with Crippen molar-refractivity contribution in [1.29, 1.82) is 0 Å². The Morgan fingerprint density at radius 3 is 2.38 bits per heavy atom. The van der Waals surface area contributed by atoms with Crippen molar-refractivity contribution < 1.29 is 33.4 Å². The van der Waals surface area contributed by atoms with Gasteiger partial charge < -0.3 is 14.2 Å². The van der Waals surface area contributed by atoms with Gasteiger partial charge in [0.25, 0.3) is 0 Å². The van der Waals surface area contributed by atoms with Crippen LogP contribution in [0.2, 0.25) is 0 Å². The Kier molecular flexibility index (Phi) is 6.88. The smallest absolute Gasteiger partial charge is 0.306 e. The molecule has 7 nitrogen and oxygen atoms in total. The minimum absolute atomic E-state index is 0.00605. The second-order valence-corrected chi connectivity index (χ2v) is 12.5. The third-order valence-corrected chi connectivity index (χ3v) is 10.5. The molecular weight excluding hydrogens is 496 g/mol. The van der Waals surface area contributed by atoms with Gasteiger partial charge >= 0.3 is 11.9 Å². The number of rotatable bonds is 8. The summed E-state index contributed by atoms with van der Waals surface area (Å²) in [5.74, 6) is -1.14. The molecule has 37 heavy (non-hydrogen) atoms. The van der Waals surface area contributed by atoms with E-state index in [9.17, 15) is 19.2 Å². The lowest BCUT2D eigenvalue weighted by atomic mass is 9.46. The number of ketones is 2. The number of fused-ring (bicyclic) bond motifs is 3. The summed E-state index contributed by atoms with van der Waals surface area (Å²) in [6.07, 6.45) is 5.49. The van der Waals surface area contributed by atoms with E-state index in [1.165, 1.54) is 0 Å². The van der Waals surface area contributed by atoms with E-state index < -0.39 is 34.6 Å². The van der Waals surface area contributed by atoms with Crippen molar-refractivity contribution in [3.8, 4) is 0 Å². The van der Waals surface area contributed by atoms with Crippen LogP contribution < -0.4 is 0 Å². The maximum atomic E-state index is 13.2. The topological polar surface area (TPSA) is 99.3 Å². The van der Waals surface area contributed by atoms with Crippen molar-refractivity contribution in [1.82, 2.24) is 0 Å². The molecule has 5 aliphatic rings. The monoisotopic (exact) mass is 534 g/mol. The molecule has 0 radical (unpaired) electrons. The summed E-state index contributed by atoms with van der Waals surface area (Å²) in [5.41, 5.74) is -0.462. The molecule has 1 aliphatic heterocycles. The zero-order valence-corrected chi connectivity index (χ0v) is 23.1. The highest BCUT2D eigenvalue weighted by molar-refractivity contribution is 6.28. The summed E-state index contributed by atoms with van der Waals surface area (Å²) >= 11 is 6.09. The molecule has 5 rings (SSSR count). The molecule has 9 atom stereocenters. The summed E-state index contributed by atoms with van der Waals surface area (Å²) in [4.78, 5) is 50.9. The first-order valence-electron chi connectivity index (χ1n) is 14.0. The van der Waals surface area contributed by atoms with Gasteiger partial charge in [-0.15, -0.1) is 11.6 Å². The number of esters is 2. The van der Waals surface area contributed by atoms with Crippen LogP contribution in [0, 0.1) is 28.6 Å². The Bertz CT molecular complexity index is 1040. The molecule has 0 bridgehead atoms. The fourth-order valence-corrected chi connectivity index (χ4v) is 8.92. The van der Waals surface area contributed by atoms with Crippen molar-refractivity contribution >= 4 is 35.1 Å². The maximum Gasteiger partial charge on any atom is 0.306 e. The summed E-state index contributed by atoms with van der Waals surface area (Å²) in [6.45, 7) is 8.15. The van der Waals surface area contributed by atoms with Gasteiger partial charge in [-0.05, 0) is 67.4 Å². The summed E-state index contributed by atoms with van der Waals surface area (Å²) < 4.78 is 18.6. The fraction of sp³-hybridized carbons (Fsp3) is 0.793. The largest absolute Gasteiger partial charge is 0.462 e. The molecule has 0 N–H and O–H groups in total. The van der Waals surface area contributed by atoms with E-state index >= 15 is 0 Å². The predicted octanol–water partition coefficient (Wildman–Crippen LogP) is 4.72. The van der Waals surface area contributed by atoms with Gasteiger partial charge in [0.1, 0.15) is 17.8 Å². The predicted molar refractivity (Wildman–Crippen MR) is 136 cm³/mol. The SMILES string of the molecule is CCCC(=O)OC1C[C@H]2[C@@H]3CC(OC(=O)CCC)[C@H](C(=O)CCl)[C@@]3(C)CC3O[C@]32[C@@]2(C)CCC(=O)C=C12. The number of carbonyl (C=O) groups is 4. The number of Topliss-reactive ketones (excluding diaryl/α,β-unsaturated/α-hetero) is 1. The number of hydrogen-bond donors (Lipinski definition) is 0. The van der Waals surface area contributed by atoms with Crippen LogP contribution in [-0.2, 0) is 33.4 Å². The Morgan fingerprint density at radius 2 is 1.73 bits per heavy atom. The molecule has 0 aromatic heterocycles. The molecule has 3 saturated carbocycles. The van der Waals surface area contributed by atoms with E-state index in [0.29, 0.717) is 57.8 Å². The molecule has 0 amide bonds. The molecule has 0 aromatic carbocycles. The highest BCUT2D eigenvalue weighted by atomic mass is 35.5. The van der Waals surface area contributed by atoms with E-state index in [1.807, 2.05) is 13.8 Å². The van der Waals surface area contributed by atoms with Crippen LogP contribution in [0.15, 0.2) is 11.6 Å². The van der Waals surface area contributed by atoms with Gasteiger partial charge in [-0.1, -0.05) is 27.7 Å². The molecule has 3 unspecified atom stereocenters. The van der Waals surface area contributed by atoms with Gasteiger partial charge in [0.05, 0.1) is 17.9 Å². The Balaban J connectivity index is 1.54. The number of carbonyl (C=O) groups excluding carboxylic acids is 4. The lowest BCUT2D eigenvalue weighted by Gasteiger charge is -2.57. The maximum absolute atomic E-state index is 13.2. The summed E-state index contributed by atoms with van der Waals surface area (Å²) in [7, 11) is 0. The van der Waals surface area contributed by atoms with Gasteiger partial charge in [0.15, 0.2) is 11.6 Å². The van der Waals surface area contributed by atoms with Gasteiger partial charge in [-0.3, -0.25) is 19.2 Å². The van der Waals surface area contributed by atoms with Crippen LogP contribution in [0.5, 0.6) is 0 Å². The minimum Gasteiger partial charge on any atom is -0.462 e. The molecular formula is C29H39ClO7. The van der Waals surface area contributed by atoms with Crippen molar-refractivity contribution in [2.24, 2.45) is 28.6 Å². The lowest BCUT2D eigenvalue weighted by molar-refractivity contribution is -0.155. The number of halogens is 1. The van der Waals surface area contributed by atoms with Crippen LogP contribution in [0.4, 0.5) is 0 Å². The summed E-state index contributed by atoms with van der Waals surface area (Å²) in [5, 5.41) is 0. The Hall–Kier alpha value is -1.73. The second kappa shape index (κ2) is 9.48. The molecule has 0 aromatic rings. The van der Waals surface area contributed by atoms with Gasteiger partial charge in [0.2, 0.25) is 0 Å². The molecule has 1 saturated heterocycles. The van der Waals surface area contributed by atoms with E-state index in [-0.39, 0.29) is 47.3 Å².